The van der Waals surface area contributed by atoms with Crippen molar-refractivity contribution in [1.29, 1.82) is 0 Å². The number of halogens is 2. The largest absolute Gasteiger partial charge is 0.370 e. The van der Waals surface area contributed by atoms with Crippen LogP contribution in [0.2, 0.25) is 0 Å². The maximum atomic E-state index is 13.0. The number of carbonyl (C=O) groups excluding carboxylic acids is 2. The van der Waals surface area contributed by atoms with Gasteiger partial charge in [-0.05, 0) is 28.1 Å². The Morgan fingerprint density at radius 2 is 2.00 bits per heavy atom. The van der Waals surface area contributed by atoms with Crippen molar-refractivity contribution in [2.24, 2.45) is 5.73 Å². The minimum Gasteiger partial charge on any atom is -0.370 e. The molecule has 1 rings (SSSR count). The number of nitrogens with two attached hydrogens (primary N) is 1. The zero-order chi connectivity index (χ0) is 11.4. The lowest BCUT2D eigenvalue weighted by molar-refractivity contribution is -0.118. The molecule has 0 saturated heterocycles. The highest BCUT2D eigenvalue weighted by Crippen LogP contribution is 2.17. The number of hydrogen-bond donors (Lipinski definition) is 1. The zero-order valence-electron chi connectivity index (χ0n) is 7.80. The van der Waals surface area contributed by atoms with Gasteiger partial charge in [0, 0.05) is 18.4 Å². The summed E-state index contributed by atoms with van der Waals surface area (Å²) in [6.45, 7) is 0. The van der Waals surface area contributed by atoms with Gasteiger partial charge in [0.1, 0.15) is 5.82 Å². The molecule has 15 heavy (non-hydrogen) atoms. The van der Waals surface area contributed by atoms with E-state index in [9.17, 15) is 14.0 Å². The van der Waals surface area contributed by atoms with E-state index in [1.807, 2.05) is 0 Å². The minimum atomic E-state index is -0.541. The molecule has 0 fully saturated rings. The number of rotatable bonds is 4. The second-order valence-electron chi connectivity index (χ2n) is 3.02. The third-order valence-corrected chi connectivity index (χ3v) is 2.48. The molecule has 1 aromatic rings. The Hall–Kier alpha value is -1.23. The molecule has 0 aromatic heterocycles. The van der Waals surface area contributed by atoms with Crippen molar-refractivity contribution in [3.05, 3.63) is 34.1 Å². The molecule has 0 bridgehead atoms. The van der Waals surface area contributed by atoms with Crippen LogP contribution in [0.5, 0.6) is 0 Å². The molecule has 2 N–H and O–H groups in total. The van der Waals surface area contributed by atoms with Crippen LogP contribution in [0.25, 0.3) is 0 Å². The second kappa shape index (κ2) is 5.02. The van der Waals surface area contributed by atoms with Crippen LogP contribution in [-0.2, 0) is 4.79 Å². The van der Waals surface area contributed by atoms with Crippen molar-refractivity contribution < 1.29 is 14.0 Å². The van der Waals surface area contributed by atoms with Gasteiger partial charge in [-0.15, -0.1) is 0 Å². The summed E-state index contributed by atoms with van der Waals surface area (Å²) in [5.74, 6) is -1.33. The van der Waals surface area contributed by atoms with Crippen molar-refractivity contribution >= 4 is 27.6 Å². The highest BCUT2D eigenvalue weighted by Gasteiger charge is 2.09. The SMILES string of the molecule is NC(=O)CCC(=O)c1ccc(Br)c(F)c1. The van der Waals surface area contributed by atoms with E-state index < -0.39 is 11.7 Å². The van der Waals surface area contributed by atoms with Crippen molar-refractivity contribution in [3.63, 3.8) is 0 Å². The molecule has 0 aliphatic rings. The van der Waals surface area contributed by atoms with Gasteiger partial charge < -0.3 is 5.73 Å². The van der Waals surface area contributed by atoms with Crippen molar-refractivity contribution in [2.75, 3.05) is 0 Å². The summed E-state index contributed by atoms with van der Waals surface area (Å²) in [5.41, 5.74) is 5.15. The van der Waals surface area contributed by atoms with E-state index in [0.29, 0.717) is 4.47 Å². The van der Waals surface area contributed by atoms with Crippen LogP contribution in [0.15, 0.2) is 22.7 Å². The molecular formula is C10H9BrFNO2. The molecule has 3 nitrogen and oxygen atoms in total. The van der Waals surface area contributed by atoms with Crippen LogP contribution in [0.1, 0.15) is 23.2 Å². The van der Waals surface area contributed by atoms with Crippen LogP contribution >= 0.6 is 15.9 Å². The number of Topliss-reactive ketones (excluding diaryl/α,β-unsaturated/α-hetero) is 1. The van der Waals surface area contributed by atoms with Crippen molar-refractivity contribution in [2.45, 2.75) is 12.8 Å². The smallest absolute Gasteiger partial charge is 0.217 e. The Bertz CT molecular complexity index is 406. The van der Waals surface area contributed by atoms with Gasteiger partial charge in [0.2, 0.25) is 5.91 Å². The summed E-state index contributed by atoms with van der Waals surface area (Å²) in [4.78, 5) is 21.9. The monoisotopic (exact) mass is 273 g/mol. The van der Waals surface area contributed by atoms with E-state index in [4.69, 9.17) is 5.73 Å². The number of amides is 1. The lowest BCUT2D eigenvalue weighted by Gasteiger charge is -2.00. The molecule has 0 atom stereocenters. The fraction of sp³-hybridized carbons (Fsp3) is 0.200. The van der Waals surface area contributed by atoms with Gasteiger partial charge >= 0.3 is 0 Å². The lowest BCUT2D eigenvalue weighted by atomic mass is 10.1. The van der Waals surface area contributed by atoms with Crippen LogP contribution in [0.4, 0.5) is 4.39 Å². The van der Waals surface area contributed by atoms with E-state index in [-0.39, 0.29) is 24.2 Å². The number of primary amides is 1. The molecule has 0 aliphatic heterocycles. The molecule has 0 unspecified atom stereocenters. The summed E-state index contributed by atoms with van der Waals surface area (Å²) in [5, 5.41) is 0. The Morgan fingerprint density at radius 3 is 2.53 bits per heavy atom. The molecule has 0 saturated carbocycles. The van der Waals surface area contributed by atoms with E-state index >= 15 is 0 Å². The highest BCUT2D eigenvalue weighted by molar-refractivity contribution is 9.10. The molecular weight excluding hydrogens is 265 g/mol. The molecule has 5 heteroatoms. The van der Waals surface area contributed by atoms with Gasteiger partial charge in [-0.1, -0.05) is 6.07 Å². The maximum Gasteiger partial charge on any atom is 0.217 e. The maximum absolute atomic E-state index is 13.0. The number of benzene rings is 1. The van der Waals surface area contributed by atoms with Crippen LogP contribution < -0.4 is 5.73 Å². The summed E-state index contributed by atoms with van der Waals surface area (Å²) in [6.07, 6.45) is -0.00702. The fourth-order valence-corrected chi connectivity index (χ4v) is 1.30. The molecule has 0 spiro atoms. The molecule has 0 radical (unpaired) electrons. The number of carbonyl (C=O) groups is 2. The second-order valence-corrected chi connectivity index (χ2v) is 3.87. The highest BCUT2D eigenvalue weighted by atomic mass is 79.9. The summed E-state index contributed by atoms with van der Waals surface area (Å²) < 4.78 is 13.3. The van der Waals surface area contributed by atoms with Crippen LogP contribution in [-0.4, -0.2) is 11.7 Å². The Kier molecular flexibility index (Phi) is 3.96. The first-order chi connectivity index (χ1) is 7.00. The normalized spacial score (nSPS) is 10.0. The quantitative estimate of drug-likeness (QED) is 0.854. The Morgan fingerprint density at radius 1 is 1.33 bits per heavy atom. The molecule has 1 amide bonds. The van der Waals surface area contributed by atoms with Gasteiger partial charge in [0.25, 0.3) is 0 Å². The topological polar surface area (TPSA) is 60.2 Å². The molecule has 80 valence electrons. The summed E-state index contributed by atoms with van der Waals surface area (Å²) in [6, 6.07) is 4.08. The lowest BCUT2D eigenvalue weighted by Crippen LogP contribution is -2.12. The van der Waals surface area contributed by atoms with Gasteiger partial charge in [0.05, 0.1) is 4.47 Å². The molecule has 0 heterocycles. The van der Waals surface area contributed by atoms with Crippen molar-refractivity contribution in [3.8, 4) is 0 Å². The van der Waals surface area contributed by atoms with Crippen LogP contribution in [0.3, 0.4) is 0 Å². The summed E-state index contributed by atoms with van der Waals surface area (Å²) >= 11 is 2.98. The first-order valence-corrected chi connectivity index (χ1v) is 5.06. The van der Waals surface area contributed by atoms with E-state index in [1.54, 1.807) is 0 Å². The summed E-state index contributed by atoms with van der Waals surface area (Å²) in [7, 11) is 0. The molecule has 1 aromatic carbocycles. The Labute approximate surface area is 94.6 Å². The number of ketones is 1. The first kappa shape index (κ1) is 11.8. The number of hydrogen-bond acceptors (Lipinski definition) is 2. The Balaban J connectivity index is 2.74. The zero-order valence-corrected chi connectivity index (χ0v) is 9.38. The van der Waals surface area contributed by atoms with Gasteiger partial charge in [0.15, 0.2) is 5.78 Å². The van der Waals surface area contributed by atoms with Gasteiger partial charge in [-0.3, -0.25) is 9.59 Å². The minimum absolute atomic E-state index is 0.0103. The predicted molar refractivity (Wildman–Crippen MR) is 56.9 cm³/mol. The third kappa shape index (κ3) is 3.43. The van der Waals surface area contributed by atoms with Gasteiger partial charge in [-0.2, -0.15) is 0 Å². The standard InChI is InChI=1S/C10H9BrFNO2/c11-7-2-1-6(5-8(7)12)9(14)3-4-10(13)15/h1-2,5H,3-4H2,(H2,13,15). The van der Waals surface area contributed by atoms with E-state index in [2.05, 4.69) is 15.9 Å². The third-order valence-electron chi connectivity index (χ3n) is 1.84. The average molecular weight is 274 g/mol. The molecule has 0 aliphatic carbocycles. The van der Waals surface area contributed by atoms with Crippen molar-refractivity contribution in [1.82, 2.24) is 0 Å². The van der Waals surface area contributed by atoms with Crippen LogP contribution in [0, 0.1) is 5.82 Å². The van der Waals surface area contributed by atoms with E-state index in [0.717, 1.165) is 6.07 Å². The van der Waals surface area contributed by atoms with E-state index in [1.165, 1.54) is 12.1 Å². The average Bonchev–Trinajstić information content (AvgIpc) is 2.18. The fourth-order valence-electron chi connectivity index (χ4n) is 1.05. The first-order valence-electron chi connectivity index (χ1n) is 4.27. The van der Waals surface area contributed by atoms with Gasteiger partial charge in [-0.25, -0.2) is 4.39 Å². The predicted octanol–water partition coefficient (Wildman–Crippen LogP) is 2.04.